The molecule has 1 saturated heterocycles. The van der Waals surface area contributed by atoms with E-state index in [4.69, 9.17) is 0 Å². The maximum absolute atomic E-state index is 12.0. The van der Waals surface area contributed by atoms with Crippen LogP contribution in [-0.2, 0) is 11.2 Å². The second-order valence-electron chi connectivity index (χ2n) is 5.19. The molecule has 0 spiro atoms. The Kier molecular flexibility index (Phi) is 4.37. The molecule has 0 radical (unpaired) electrons. The second kappa shape index (κ2) is 6.01. The zero-order valence-corrected chi connectivity index (χ0v) is 11.2. The zero-order chi connectivity index (χ0) is 13.0. The Morgan fingerprint density at radius 3 is 2.94 bits per heavy atom. The minimum absolute atomic E-state index is 0.0179. The quantitative estimate of drug-likeness (QED) is 0.850. The molecule has 3 heteroatoms. The van der Waals surface area contributed by atoms with E-state index in [0.29, 0.717) is 0 Å². The largest absolute Gasteiger partial charge is 0.352 e. The highest BCUT2D eigenvalue weighted by molar-refractivity contribution is 5.82. The Morgan fingerprint density at radius 1 is 1.50 bits per heavy atom. The summed E-state index contributed by atoms with van der Waals surface area (Å²) in [6, 6.07) is 8.54. The van der Waals surface area contributed by atoms with E-state index >= 15 is 0 Å². The molecule has 1 aromatic rings. The van der Waals surface area contributed by atoms with Gasteiger partial charge in [-0.3, -0.25) is 4.79 Å². The van der Waals surface area contributed by atoms with Gasteiger partial charge >= 0.3 is 0 Å². The van der Waals surface area contributed by atoms with Gasteiger partial charge in [0.15, 0.2) is 0 Å². The Hall–Kier alpha value is -1.35. The van der Waals surface area contributed by atoms with E-state index in [1.54, 1.807) is 0 Å². The van der Waals surface area contributed by atoms with Crippen molar-refractivity contribution in [3.05, 3.63) is 35.4 Å². The van der Waals surface area contributed by atoms with Gasteiger partial charge in [-0.15, -0.1) is 0 Å². The van der Waals surface area contributed by atoms with E-state index < -0.39 is 0 Å². The van der Waals surface area contributed by atoms with Gasteiger partial charge in [0.25, 0.3) is 0 Å². The van der Waals surface area contributed by atoms with Gasteiger partial charge in [0.1, 0.15) is 0 Å². The van der Waals surface area contributed by atoms with Crippen LogP contribution in [0, 0.1) is 6.92 Å². The molecule has 18 heavy (non-hydrogen) atoms. The van der Waals surface area contributed by atoms with E-state index in [1.807, 2.05) is 6.07 Å². The first-order chi connectivity index (χ1) is 8.66. The highest BCUT2D eigenvalue weighted by Gasteiger charge is 2.22. The molecule has 0 bridgehead atoms. The molecule has 2 rings (SSSR count). The van der Waals surface area contributed by atoms with Crippen LogP contribution in [0.25, 0.3) is 0 Å². The van der Waals surface area contributed by atoms with Crippen molar-refractivity contribution in [3.63, 3.8) is 0 Å². The van der Waals surface area contributed by atoms with Gasteiger partial charge in [-0.25, -0.2) is 0 Å². The molecule has 1 heterocycles. The Labute approximate surface area is 109 Å². The van der Waals surface area contributed by atoms with Gasteiger partial charge in [-0.1, -0.05) is 24.3 Å². The Bertz CT molecular complexity index is 411. The molecule has 0 aliphatic carbocycles. The van der Waals surface area contributed by atoms with E-state index in [1.165, 1.54) is 11.1 Å². The third-order valence-corrected chi connectivity index (χ3v) is 3.55. The number of amides is 1. The molecule has 1 aliphatic heterocycles. The minimum atomic E-state index is 0.0179. The summed E-state index contributed by atoms with van der Waals surface area (Å²) in [6.07, 6.45) is 2.96. The van der Waals surface area contributed by atoms with E-state index in [9.17, 15) is 4.79 Å². The Balaban J connectivity index is 1.86. The number of benzene rings is 1. The van der Waals surface area contributed by atoms with Gasteiger partial charge in [-0.05, 0) is 50.8 Å². The second-order valence-corrected chi connectivity index (χ2v) is 5.19. The summed E-state index contributed by atoms with van der Waals surface area (Å²) in [7, 11) is 0. The number of rotatable bonds is 4. The van der Waals surface area contributed by atoms with Crippen molar-refractivity contribution in [1.82, 2.24) is 10.6 Å². The molecule has 3 nitrogen and oxygen atoms in total. The number of carbonyl (C=O) groups is 1. The molecule has 98 valence electrons. The van der Waals surface area contributed by atoms with E-state index in [2.05, 4.69) is 42.7 Å². The SMILES string of the molecule is Cc1ccccc1CC(C)NC(=O)[C@H]1CCCN1. The molecule has 1 unspecified atom stereocenters. The van der Waals surface area contributed by atoms with Crippen LogP contribution in [0.4, 0.5) is 0 Å². The summed E-state index contributed by atoms with van der Waals surface area (Å²) in [5.74, 6) is 0.147. The third kappa shape index (κ3) is 3.33. The zero-order valence-electron chi connectivity index (χ0n) is 11.2. The van der Waals surface area contributed by atoms with E-state index in [0.717, 1.165) is 25.8 Å². The van der Waals surface area contributed by atoms with Crippen molar-refractivity contribution in [2.45, 2.75) is 45.2 Å². The monoisotopic (exact) mass is 246 g/mol. The maximum atomic E-state index is 12.0. The van der Waals surface area contributed by atoms with Crippen LogP contribution in [0.5, 0.6) is 0 Å². The van der Waals surface area contributed by atoms with Crippen molar-refractivity contribution >= 4 is 5.91 Å². The molecular formula is C15H22N2O. The predicted octanol–water partition coefficient (Wildman–Crippen LogP) is 1.79. The van der Waals surface area contributed by atoms with Crippen LogP contribution in [0.1, 0.15) is 30.9 Å². The summed E-state index contributed by atoms with van der Waals surface area (Å²) in [5, 5.41) is 6.32. The first-order valence-electron chi connectivity index (χ1n) is 6.75. The van der Waals surface area contributed by atoms with Gasteiger partial charge in [0, 0.05) is 6.04 Å². The lowest BCUT2D eigenvalue weighted by molar-refractivity contribution is -0.123. The molecule has 2 atom stereocenters. The average molecular weight is 246 g/mol. The fourth-order valence-electron chi connectivity index (χ4n) is 2.47. The summed E-state index contributed by atoms with van der Waals surface area (Å²) in [6.45, 7) is 5.14. The predicted molar refractivity (Wildman–Crippen MR) is 73.5 cm³/mol. The number of hydrogen-bond donors (Lipinski definition) is 2. The molecule has 0 saturated carbocycles. The standard InChI is InChI=1S/C15H22N2O/c1-11-6-3-4-7-13(11)10-12(2)17-15(18)14-8-5-9-16-14/h3-4,6-7,12,14,16H,5,8-10H2,1-2H3,(H,17,18)/t12?,14-/m1/s1. The minimum Gasteiger partial charge on any atom is -0.352 e. The summed E-state index contributed by atoms with van der Waals surface area (Å²) < 4.78 is 0. The average Bonchev–Trinajstić information content (AvgIpc) is 2.85. The third-order valence-electron chi connectivity index (χ3n) is 3.55. The number of hydrogen-bond acceptors (Lipinski definition) is 2. The molecular weight excluding hydrogens is 224 g/mol. The first kappa shape index (κ1) is 13.1. The van der Waals surface area contributed by atoms with Gasteiger partial charge in [0.05, 0.1) is 6.04 Å². The van der Waals surface area contributed by atoms with Crippen molar-refractivity contribution in [3.8, 4) is 0 Å². The van der Waals surface area contributed by atoms with Gasteiger partial charge in [-0.2, -0.15) is 0 Å². The van der Waals surface area contributed by atoms with Gasteiger partial charge < -0.3 is 10.6 Å². The van der Waals surface area contributed by atoms with Crippen LogP contribution in [-0.4, -0.2) is 24.5 Å². The molecule has 1 fully saturated rings. The lowest BCUT2D eigenvalue weighted by Gasteiger charge is -2.18. The lowest BCUT2D eigenvalue weighted by Crippen LogP contribution is -2.44. The molecule has 2 N–H and O–H groups in total. The number of aryl methyl sites for hydroxylation is 1. The summed E-state index contributed by atoms with van der Waals surface area (Å²) >= 11 is 0. The summed E-state index contributed by atoms with van der Waals surface area (Å²) in [5.41, 5.74) is 2.60. The fraction of sp³-hybridized carbons (Fsp3) is 0.533. The van der Waals surface area contributed by atoms with Crippen molar-refractivity contribution in [2.75, 3.05) is 6.54 Å². The van der Waals surface area contributed by atoms with Gasteiger partial charge in [0.2, 0.25) is 5.91 Å². The molecule has 1 amide bonds. The normalized spacial score (nSPS) is 20.7. The number of nitrogens with one attached hydrogen (secondary N) is 2. The summed E-state index contributed by atoms with van der Waals surface area (Å²) in [4.78, 5) is 12.0. The highest BCUT2D eigenvalue weighted by atomic mass is 16.2. The maximum Gasteiger partial charge on any atom is 0.237 e. The van der Waals surface area contributed by atoms with Crippen LogP contribution in [0.15, 0.2) is 24.3 Å². The van der Waals surface area contributed by atoms with E-state index in [-0.39, 0.29) is 18.0 Å². The van der Waals surface area contributed by atoms with Crippen LogP contribution in [0.2, 0.25) is 0 Å². The molecule has 1 aliphatic rings. The lowest BCUT2D eigenvalue weighted by atomic mass is 10.0. The fourth-order valence-corrected chi connectivity index (χ4v) is 2.47. The van der Waals surface area contributed by atoms with Crippen LogP contribution in [0.3, 0.4) is 0 Å². The van der Waals surface area contributed by atoms with Crippen molar-refractivity contribution in [1.29, 1.82) is 0 Å². The molecule has 1 aromatic carbocycles. The topological polar surface area (TPSA) is 41.1 Å². The first-order valence-corrected chi connectivity index (χ1v) is 6.75. The van der Waals surface area contributed by atoms with Crippen LogP contribution < -0.4 is 10.6 Å². The Morgan fingerprint density at radius 2 is 2.28 bits per heavy atom. The van der Waals surface area contributed by atoms with Crippen molar-refractivity contribution in [2.24, 2.45) is 0 Å². The van der Waals surface area contributed by atoms with Crippen molar-refractivity contribution < 1.29 is 4.79 Å². The number of carbonyl (C=O) groups excluding carboxylic acids is 1. The molecule has 0 aromatic heterocycles. The highest BCUT2D eigenvalue weighted by Crippen LogP contribution is 2.10. The smallest absolute Gasteiger partial charge is 0.237 e. The van der Waals surface area contributed by atoms with Crippen LogP contribution >= 0.6 is 0 Å².